The second-order valence-electron chi connectivity index (χ2n) is 6.88. The minimum absolute atomic E-state index is 0.507. The van der Waals surface area contributed by atoms with Crippen molar-refractivity contribution in [3.8, 4) is 16.8 Å². The highest BCUT2D eigenvalue weighted by Gasteiger charge is 2.16. The highest BCUT2D eigenvalue weighted by molar-refractivity contribution is 6.60. The molecule has 4 heteroatoms. The predicted octanol–water partition coefficient (Wildman–Crippen LogP) is 4.13. The quantitative estimate of drug-likeness (QED) is 0.474. The molecule has 28 heavy (non-hydrogen) atoms. The smallest absolute Gasteiger partial charge is 0.423 e. The number of para-hydroxylation sites is 2. The van der Waals surface area contributed by atoms with Gasteiger partial charge in [0.15, 0.2) is 0 Å². The lowest BCUT2D eigenvalue weighted by atomic mass is 9.75. The molecule has 0 saturated heterocycles. The molecule has 0 radical (unpaired) electrons. The van der Waals surface area contributed by atoms with Crippen molar-refractivity contribution in [1.29, 1.82) is 0 Å². The van der Waals surface area contributed by atoms with Crippen molar-refractivity contribution in [3.63, 3.8) is 0 Å². The number of aromatic nitrogens is 1. The van der Waals surface area contributed by atoms with Crippen molar-refractivity contribution < 1.29 is 10.0 Å². The van der Waals surface area contributed by atoms with Crippen LogP contribution in [-0.2, 0) is 0 Å². The van der Waals surface area contributed by atoms with Crippen LogP contribution in [0, 0.1) is 0 Å². The molecule has 0 aliphatic rings. The SMILES string of the molecule is OB(O)c1ccccc1-c1ccc(-n2c3ccccc3c3ccccc32)cc1. The standard InChI is InChI=1S/C24H18BNO2/c27-25(28)22-10-4-1-7-19(22)17-13-15-18(16-14-17)26-23-11-5-2-8-20(23)21-9-3-6-12-24(21)26/h1-16,27-28H. The van der Waals surface area contributed by atoms with Gasteiger partial charge >= 0.3 is 7.12 Å². The number of hydrogen-bond donors (Lipinski definition) is 2. The lowest BCUT2D eigenvalue weighted by Crippen LogP contribution is -2.31. The van der Waals surface area contributed by atoms with Crippen LogP contribution < -0.4 is 5.46 Å². The summed E-state index contributed by atoms with van der Waals surface area (Å²) in [4.78, 5) is 0. The summed E-state index contributed by atoms with van der Waals surface area (Å²) in [5.41, 5.74) is 5.69. The number of benzene rings is 4. The van der Waals surface area contributed by atoms with Gasteiger partial charge in [0.25, 0.3) is 0 Å². The van der Waals surface area contributed by atoms with Gasteiger partial charge in [-0.1, -0.05) is 72.8 Å². The Bertz CT molecular complexity index is 1240. The second-order valence-corrected chi connectivity index (χ2v) is 6.88. The average Bonchev–Trinajstić information content (AvgIpc) is 3.08. The number of nitrogens with zero attached hydrogens (tertiary/aromatic N) is 1. The van der Waals surface area contributed by atoms with Crippen molar-refractivity contribution in [2.75, 3.05) is 0 Å². The van der Waals surface area contributed by atoms with Gasteiger partial charge in [-0.3, -0.25) is 0 Å². The fourth-order valence-corrected chi connectivity index (χ4v) is 3.98. The Morgan fingerprint density at radius 3 is 1.71 bits per heavy atom. The van der Waals surface area contributed by atoms with E-state index in [0.717, 1.165) is 16.8 Å². The molecule has 0 saturated carbocycles. The first-order chi connectivity index (χ1) is 13.7. The van der Waals surface area contributed by atoms with Gasteiger partial charge in [0.05, 0.1) is 11.0 Å². The molecule has 0 amide bonds. The molecule has 5 aromatic rings. The van der Waals surface area contributed by atoms with Crippen LogP contribution in [0.3, 0.4) is 0 Å². The van der Waals surface area contributed by atoms with Gasteiger partial charge in [-0.2, -0.15) is 0 Å². The van der Waals surface area contributed by atoms with Crippen LogP contribution in [0.25, 0.3) is 38.6 Å². The largest absolute Gasteiger partial charge is 0.489 e. The molecular weight excluding hydrogens is 345 g/mol. The summed E-state index contributed by atoms with van der Waals surface area (Å²) >= 11 is 0. The molecule has 0 aliphatic heterocycles. The van der Waals surface area contributed by atoms with Crippen LogP contribution in [0.4, 0.5) is 0 Å². The zero-order chi connectivity index (χ0) is 19.1. The van der Waals surface area contributed by atoms with Crippen LogP contribution in [0.5, 0.6) is 0 Å². The van der Waals surface area contributed by atoms with E-state index >= 15 is 0 Å². The van der Waals surface area contributed by atoms with E-state index in [-0.39, 0.29) is 0 Å². The first kappa shape index (κ1) is 16.8. The van der Waals surface area contributed by atoms with Crippen molar-refractivity contribution in [2.45, 2.75) is 0 Å². The zero-order valence-corrected chi connectivity index (χ0v) is 15.2. The van der Waals surface area contributed by atoms with Gasteiger partial charge in [-0.15, -0.1) is 0 Å². The van der Waals surface area contributed by atoms with E-state index in [1.54, 1.807) is 6.07 Å². The topological polar surface area (TPSA) is 45.4 Å². The van der Waals surface area contributed by atoms with E-state index in [2.05, 4.69) is 65.2 Å². The van der Waals surface area contributed by atoms with Gasteiger partial charge < -0.3 is 14.6 Å². The number of rotatable bonds is 3. The molecule has 2 N–H and O–H groups in total. The Labute approximate surface area is 163 Å². The van der Waals surface area contributed by atoms with E-state index in [1.807, 2.05) is 30.3 Å². The van der Waals surface area contributed by atoms with Gasteiger partial charge in [0.1, 0.15) is 0 Å². The summed E-state index contributed by atoms with van der Waals surface area (Å²) < 4.78 is 2.27. The van der Waals surface area contributed by atoms with Crippen LogP contribution in [0.1, 0.15) is 0 Å². The normalized spacial score (nSPS) is 11.2. The molecule has 1 aromatic heterocycles. The third kappa shape index (κ3) is 2.62. The van der Waals surface area contributed by atoms with Gasteiger partial charge in [-0.25, -0.2) is 0 Å². The number of hydrogen-bond acceptors (Lipinski definition) is 2. The minimum atomic E-state index is -1.49. The molecule has 3 nitrogen and oxygen atoms in total. The molecule has 0 unspecified atom stereocenters. The highest BCUT2D eigenvalue weighted by atomic mass is 16.4. The first-order valence-corrected chi connectivity index (χ1v) is 9.28. The maximum Gasteiger partial charge on any atom is 0.489 e. The minimum Gasteiger partial charge on any atom is -0.423 e. The third-order valence-corrected chi connectivity index (χ3v) is 5.26. The highest BCUT2D eigenvalue weighted by Crippen LogP contribution is 2.32. The lowest BCUT2D eigenvalue weighted by molar-refractivity contribution is 0.426. The van der Waals surface area contributed by atoms with E-state index in [0.29, 0.717) is 5.46 Å². The average molecular weight is 363 g/mol. The second kappa shape index (κ2) is 6.68. The van der Waals surface area contributed by atoms with Crippen LogP contribution in [0.15, 0.2) is 97.1 Å². The van der Waals surface area contributed by atoms with Crippen molar-refractivity contribution >= 4 is 34.4 Å². The van der Waals surface area contributed by atoms with Crippen molar-refractivity contribution in [2.24, 2.45) is 0 Å². The molecule has 0 aliphatic carbocycles. The maximum absolute atomic E-state index is 9.66. The fraction of sp³-hybridized carbons (Fsp3) is 0. The molecule has 5 rings (SSSR count). The summed E-state index contributed by atoms with van der Waals surface area (Å²) in [6, 6.07) is 32.4. The van der Waals surface area contributed by atoms with E-state index < -0.39 is 7.12 Å². The van der Waals surface area contributed by atoms with Crippen LogP contribution in [-0.4, -0.2) is 21.7 Å². The Morgan fingerprint density at radius 2 is 1.11 bits per heavy atom. The first-order valence-electron chi connectivity index (χ1n) is 9.28. The molecule has 0 atom stereocenters. The van der Waals surface area contributed by atoms with Gasteiger partial charge in [0.2, 0.25) is 0 Å². The Hall–Kier alpha value is -3.34. The Balaban J connectivity index is 1.68. The molecule has 4 aromatic carbocycles. The van der Waals surface area contributed by atoms with Crippen molar-refractivity contribution in [3.05, 3.63) is 97.1 Å². The maximum atomic E-state index is 9.66. The van der Waals surface area contributed by atoms with Gasteiger partial charge in [0, 0.05) is 16.5 Å². The van der Waals surface area contributed by atoms with E-state index in [9.17, 15) is 10.0 Å². The van der Waals surface area contributed by atoms with E-state index in [4.69, 9.17) is 0 Å². The van der Waals surface area contributed by atoms with Crippen molar-refractivity contribution in [1.82, 2.24) is 4.57 Å². The predicted molar refractivity (Wildman–Crippen MR) is 116 cm³/mol. The van der Waals surface area contributed by atoms with E-state index in [1.165, 1.54) is 21.8 Å². The summed E-state index contributed by atoms with van der Waals surface area (Å²) in [6.07, 6.45) is 0. The molecule has 1 heterocycles. The zero-order valence-electron chi connectivity index (χ0n) is 15.2. The monoisotopic (exact) mass is 363 g/mol. The van der Waals surface area contributed by atoms with Crippen LogP contribution in [0.2, 0.25) is 0 Å². The summed E-state index contributed by atoms with van der Waals surface area (Å²) in [5, 5.41) is 21.8. The number of fused-ring (bicyclic) bond motifs is 3. The van der Waals surface area contributed by atoms with Gasteiger partial charge in [-0.05, 0) is 40.9 Å². The Kier molecular flexibility index (Phi) is 4.01. The lowest BCUT2D eigenvalue weighted by Gasteiger charge is -2.11. The summed E-state index contributed by atoms with van der Waals surface area (Å²) in [6.45, 7) is 0. The molecule has 0 spiro atoms. The third-order valence-electron chi connectivity index (χ3n) is 5.26. The molecular formula is C24H18BNO2. The molecule has 134 valence electrons. The summed E-state index contributed by atoms with van der Waals surface area (Å²) in [5.74, 6) is 0. The van der Waals surface area contributed by atoms with Crippen LogP contribution >= 0.6 is 0 Å². The molecule has 0 fully saturated rings. The Morgan fingerprint density at radius 1 is 0.571 bits per heavy atom. The summed E-state index contributed by atoms with van der Waals surface area (Å²) in [7, 11) is -1.49. The fourth-order valence-electron chi connectivity index (χ4n) is 3.98. The molecule has 0 bridgehead atoms.